The van der Waals surface area contributed by atoms with E-state index < -0.39 is 5.56 Å². The molecule has 0 bridgehead atoms. The van der Waals surface area contributed by atoms with Crippen LogP contribution in [0.2, 0.25) is 0 Å². The van der Waals surface area contributed by atoms with E-state index >= 15 is 0 Å². The molecule has 2 fully saturated rings. The fraction of sp³-hybridized carbons (Fsp3) is 0.700. The molecule has 9 heteroatoms. The molecule has 158 valence electrons. The first-order valence-electron chi connectivity index (χ1n) is 10.8. The van der Waals surface area contributed by atoms with Gasteiger partial charge in [-0.25, -0.2) is 4.98 Å². The first-order valence-corrected chi connectivity index (χ1v) is 11.6. The molecular weight excluding hydrogens is 388 g/mol. The molecule has 4 heterocycles. The summed E-state index contributed by atoms with van der Waals surface area (Å²) in [4.78, 5) is 34.8. The summed E-state index contributed by atoms with van der Waals surface area (Å²) >= 11 is 1.41. The Labute approximate surface area is 174 Å². The first kappa shape index (κ1) is 20.3. The van der Waals surface area contributed by atoms with Gasteiger partial charge >= 0.3 is 0 Å². The van der Waals surface area contributed by atoms with Gasteiger partial charge in [-0.3, -0.25) is 9.59 Å². The number of nitrogens with one attached hydrogen (secondary N) is 1. The molecule has 0 aliphatic carbocycles. The highest BCUT2D eigenvalue weighted by atomic mass is 32.1. The van der Waals surface area contributed by atoms with Crippen LogP contribution in [-0.4, -0.2) is 64.7 Å². The third-order valence-corrected chi connectivity index (χ3v) is 6.97. The van der Waals surface area contributed by atoms with Crippen LogP contribution in [0.15, 0.2) is 11.0 Å². The third-order valence-electron chi connectivity index (χ3n) is 5.99. The van der Waals surface area contributed by atoms with Gasteiger partial charge in [-0.05, 0) is 44.7 Å². The smallest absolute Gasteiger partial charge is 0.288 e. The van der Waals surface area contributed by atoms with Gasteiger partial charge in [-0.1, -0.05) is 31.1 Å². The van der Waals surface area contributed by atoms with E-state index in [-0.39, 0.29) is 11.5 Å². The van der Waals surface area contributed by atoms with Crippen molar-refractivity contribution in [2.75, 3.05) is 44.2 Å². The number of aromatic nitrogens is 3. The van der Waals surface area contributed by atoms with Crippen molar-refractivity contribution in [1.82, 2.24) is 24.8 Å². The predicted octanol–water partition coefficient (Wildman–Crippen LogP) is 1.99. The second kappa shape index (κ2) is 9.21. The van der Waals surface area contributed by atoms with Gasteiger partial charge in [0.25, 0.3) is 11.5 Å². The Balaban J connectivity index is 1.41. The fourth-order valence-corrected chi connectivity index (χ4v) is 4.94. The number of carbonyl (C=O) groups excluding carboxylic acids is 1. The summed E-state index contributed by atoms with van der Waals surface area (Å²) in [6, 6.07) is 0. The summed E-state index contributed by atoms with van der Waals surface area (Å²) < 4.78 is 1.28. The summed E-state index contributed by atoms with van der Waals surface area (Å²) in [7, 11) is 0. The zero-order valence-electron chi connectivity index (χ0n) is 17.1. The minimum absolute atomic E-state index is 0.0579. The Morgan fingerprint density at radius 1 is 1.17 bits per heavy atom. The van der Waals surface area contributed by atoms with Gasteiger partial charge in [0, 0.05) is 32.4 Å². The number of hydrogen-bond acceptors (Lipinski definition) is 7. The lowest BCUT2D eigenvalue weighted by molar-refractivity contribution is 0.0942. The van der Waals surface area contributed by atoms with Crippen molar-refractivity contribution in [2.45, 2.75) is 45.4 Å². The minimum Gasteiger partial charge on any atom is -0.351 e. The summed E-state index contributed by atoms with van der Waals surface area (Å²) in [5.74, 6) is 0.419. The largest absolute Gasteiger partial charge is 0.351 e. The molecule has 29 heavy (non-hydrogen) atoms. The van der Waals surface area contributed by atoms with E-state index in [1.165, 1.54) is 47.7 Å². The predicted molar refractivity (Wildman–Crippen MR) is 115 cm³/mol. The molecule has 2 aromatic rings. The number of carbonyl (C=O) groups is 1. The average molecular weight is 419 g/mol. The van der Waals surface area contributed by atoms with Crippen molar-refractivity contribution >= 4 is 27.3 Å². The molecule has 2 aliphatic rings. The molecule has 2 aromatic heterocycles. The molecule has 0 unspecified atom stereocenters. The van der Waals surface area contributed by atoms with Crippen LogP contribution in [0.25, 0.3) is 4.96 Å². The van der Waals surface area contributed by atoms with Crippen molar-refractivity contribution in [2.24, 2.45) is 5.92 Å². The monoisotopic (exact) mass is 418 g/mol. The lowest BCUT2D eigenvalue weighted by atomic mass is 9.99. The SMILES string of the molecule is CC1CCN(CCNC(=O)c2cnc3sc(N4CCCCCC4)nn3c2=O)CC1. The Hall–Kier alpha value is -2.00. The van der Waals surface area contributed by atoms with E-state index in [0.29, 0.717) is 11.5 Å². The number of rotatable bonds is 5. The highest BCUT2D eigenvalue weighted by molar-refractivity contribution is 7.20. The third kappa shape index (κ3) is 4.78. The van der Waals surface area contributed by atoms with Gasteiger partial charge in [0.1, 0.15) is 5.56 Å². The summed E-state index contributed by atoms with van der Waals surface area (Å²) in [6.45, 7) is 7.69. The van der Waals surface area contributed by atoms with Crippen molar-refractivity contribution in [1.29, 1.82) is 0 Å². The Morgan fingerprint density at radius 2 is 1.90 bits per heavy atom. The van der Waals surface area contributed by atoms with Crippen molar-refractivity contribution in [3.8, 4) is 0 Å². The molecule has 0 aromatic carbocycles. The highest BCUT2D eigenvalue weighted by Crippen LogP contribution is 2.24. The Kier molecular flexibility index (Phi) is 6.44. The number of nitrogens with zero attached hydrogens (tertiary/aromatic N) is 5. The molecule has 1 N–H and O–H groups in total. The number of hydrogen-bond donors (Lipinski definition) is 1. The molecule has 4 rings (SSSR count). The van der Waals surface area contributed by atoms with Gasteiger partial charge < -0.3 is 15.1 Å². The van der Waals surface area contributed by atoms with E-state index in [0.717, 1.165) is 56.6 Å². The van der Waals surface area contributed by atoms with Crippen molar-refractivity contribution in [3.05, 3.63) is 22.1 Å². The van der Waals surface area contributed by atoms with Crippen molar-refractivity contribution < 1.29 is 4.79 Å². The average Bonchev–Trinajstić information content (AvgIpc) is 2.97. The number of amides is 1. The summed E-state index contributed by atoms with van der Waals surface area (Å²) in [5, 5.41) is 8.17. The van der Waals surface area contributed by atoms with Crippen LogP contribution in [0.1, 0.15) is 55.8 Å². The summed E-state index contributed by atoms with van der Waals surface area (Å²) in [5.41, 5.74) is -0.334. The lowest BCUT2D eigenvalue weighted by Gasteiger charge is -2.30. The molecule has 2 aliphatic heterocycles. The highest BCUT2D eigenvalue weighted by Gasteiger charge is 2.20. The maximum absolute atomic E-state index is 12.8. The normalized spacial score (nSPS) is 19.4. The zero-order chi connectivity index (χ0) is 20.2. The van der Waals surface area contributed by atoms with Gasteiger partial charge in [0.05, 0.1) is 0 Å². The molecule has 2 saturated heterocycles. The van der Waals surface area contributed by atoms with E-state index in [2.05, 4.69) is 32.1 Å². The fourth-order valence-electron chi connectivity index (χ4n) is 4.03. The number of fused-ring (bicyclic) bond motifs is 1. The van der Waals surface area contributed by atoms with Crippen molar-refractivity contribution in [3.63, 3.8) is 0 Å². The van der Waals surface area contributed by atoms with Gasteiger partial charge in [-0.2, -0.15) is 4.52 Å². The topological polar surface area (TPSA) is 82.8 Å². The van der Waals surface area contributed by atoms with Crippen LogP contribution >= 0.6 is 11.3 Å². The van der Waals surface area contributed by atoms with Crippen LogP contribution in [0.3, 0.4) is 0 Å². The van der Waals surface area contributed by atoms with E-state index in [1.807, 2.05) is 0 Å². The van der Waals surface area contributed by atoms with E-state index in [1.54, 1.807) is 0 Å². The van der Waals surface area contributed by atoms with Crippen LogP contribution < -0.4 is 15.8 Å². The second-order valence-electron chi connectivity index (χ2n) is 8.24. The number of likely N-dealkylation sites (tertiary alicyclic amines) is 1. The van der Waals surface area contributed by atoms with Gasteiger partial charge in [-0.15, -0.1) is 5.10 Å². The molecule has 1 amide bonds. The quantitative estimate of drug-likeness (QED) is 0.800. The minimum atomic E-state index is -0.392. The zero-order valence-corrected chi connectivity index (χ0v) is 17.9. The molecule has 0 radical (unpaired) electrons. The van der Waals surface area contributed by atoms with Crippen LogP contribution in [0, 0.1) is 5.92 Å². The second-order valence-corrected chi connectivity index (χ2v) is 9.17. The standard InChI is InChI=1S/C20H30N6O2S/c1-15-6-11-24(12-7-15)13-8-21-17(27)16-14-22-19-26(18(16)28)23-20(29-19)25-9-4-2-3-5-10-25/h14-15H,2-13H2,1H3,(H,21,27). The molecular formula is C20H30N6O2S. The van der Waals surface area contributed by atoms with E-state index in [4.69, 9.17) is 0 Å². The number of anilines is 1. The Bertz CT molecular complexity index is 894. The first-order chi connectivity index (χ1) is 14.1. The summed E-state index contributed by atoms with van der Waals surface area (Å²) in [6.07, 6.45) is 8.56. The van der Waals surface area contributed by atoms with Crippen LogP contribution in [0.5, 0.6) is 0 Å². The molecule has 0 spiro atoms. The van der Waals surface area contributed by atoms with Gasteiger partial charge in [0.15, 0.2) is 0 Å². The van der Waals surface area contributed by atoms with Crippen LogP contribution in [0.4, 0.5) is 5.13 Å². The lowest BCUT2D eigenvalue weighted by Crippen LogP contribution is -2.40. The maximum atomic E-state index is 12.8. The Morgan fingerprint density at radius 3 is 2.62 bits per heavy atom. The molecule has 0 atom stereocenters. The molecule has 0 saturated carbocycles. The molecule has 8 nitrogen and oxygen atoms in total. The van der Waals surface area contributed by atoms with Gasteiger partial charge in [0.2, 0.25) is 10.1 Å². The number of piperidine rings is 1. The van der Waals surface area contributed by atoms with E-state index in [9.17, 15) is 9.59 Å². The van der Waals surface area contributed by atoms with Crippen LogP contribution in [-0.2, 0) is 0 Å². The maximum Gasteiger partial charge on any atom is 0.288 e.